The van der Waals surface area contributed by atoms with Crippen LogP contribution in [0.5, 0.6) is 0 Å². The molecule has 14 heavy (non-hydrogen) atoms. The Morgan fingerprint density at radius 3 is 2.93 bits per heavy atom. The van der Waals surface area contributed by atoms with Crippen LogP contribution in [-0.4, -0.2) is 17.7 Å². The average molecular weight is 215 g/mol. The number of amides is 1. The fourth-order valence-electron chi connectivity index (χ4n) is 0.971. The number of rotatable bonds is 3. The highest BCUT2D eigenvalue weighted by atomic mass is 35.5. The second kappa shape index (κ2) is 4.81. The molecule has 0 radical (unpaired) electrons. The molecule has 0 fully saturated rings. The molecule has 1 unspecified atom stereocenters. The molecule has 4 nitrogen and oxygen atoms in total. The molecule has 0 aliphatic rings. The van der Waals surface area contributed by atoms with Crippen molar-refractivity contribution >= 4 is 17.7 Å². The van der Waals surface area contributed by atoms with Crippen molar-refractivity contribution in [2.24, 2.45) is 5.73 Å². The molecule has 1 rings (SSSR count). The zero-order valence-corrected chi connectivity index (χ0v) is 8.49. The zero-order chi connectivity index (χ0) is 10.6. The molecule has 1 atom stereocenters. The number of carbonyl (C=O) groups is 1. The van der Waals surface area contributed by atoms with E-state index >= 15 is 0 Å². The van der Waals surface area contributed by atoms with Crippen LogP contribution in [0.1, 0.15) is 18.5 Å². The minimum absolute atomic E-state index is 0.0137. The van der Waals surface area contributed by atoms with Gasteiger partial charge in [-0.2, -0.15) is 0 Å². The van der Waals surface area contributed by atoms with Gasteiger partial charge in [0.05, 0.1) is 5.02 Å². The van der Waals surface area contributed by atoms with Crippen LogP contribution in [0.3, 0.4) is 0 Å². The predicted molar refractivity (Wildman–Crippen MR) is 53.2 cm³/mol. The minimum atomic E-state index is -0.772. The Labute approximate surface area is 87.0 Å². The van der Waals surface area contributed by atoms with Gasteiger partial charge >= 0.3 is 6.09 Å². The fraction of sp³-hybridized carbons (Fsp3) is 0.333. The summed E-state index contributed by atoms with van der Waals surface area (Å²) < 4.78 is 4.65. The first kappa shape index (κ1) is 10.8. The standard InChI is InChI=1S/C9H11ClN2O2/c1-6(5-14-9(11)13)8-3-2-7(10)4-12-8/h2-4,6H,5H2,1H3,(H2,11,13). The molecule has 0 spiro atoms. The van der Waals surface area contributed by atoms with Crippen molar-refractivity contribution in [2.75, 3.05) is 6.61 Å². The second-order valence-corrected chi connectivity index (χ2v) is 3.37. The molecule has 0 aliphatic heterocycles. The van der Waals surface area contributed by atoms with Crippen LogP contribution >= 0.6 is 11.6 Å². The van der Waals surface area contributed by atoms with Gasteiger partial charge in [-0.1, -0.05) is 18.5 Å². The van der Waals surface area contributed by atoms with Gasteiger partial charge in [0.2, 0.25) is 0 Å². The van der Waals surface area contributed by atoms with Crippen molar-refractivity contribution in [3.8, 4) is 0 Å². The van der Waals surface area contributed by atoms with Gasteiger partial charge in [0.1, 0.15) is 6.61 Å². The molecule has 0 bridgehead atoms. The van der Waals surface area contributed by atoms with Crippen molar-refractivity contribution in [3.05, 3.63) is 29.0 Å². The van der Waals surface area contributed by atoms with Crippen LogP contribution in [0.25, 0.3) is 0 Å². The molecule has 1 aromatic rings. The Morgan fingerprint density at radius 2 is 2.43 bits per heavy atom. The van der Waals surface area contributed by atoms with Gasteiger partial charge in [-0.05, 0) is 12.1 Å². The van der Waals surface area contributed by atoms with Crippen molar-refractivity contribution < 1.29 is 9.53 Å². The summed E-state index contributed by atoms with van der Waals surface area (Å²) in [6, 6.07) is 3.53. The summed E-state index contributed by atoms with van der Waals surface area (Å²) in [4.78, 5) is 14.4. The van der Waals surface area contributed by atoms with Gasteiger partial charge in [-0.25, -0.2) is 4.79 Å². The molecule has 0 aromatic carbocycles. The largest absolute Gasteiger partial charge is 0.449 e. The number of ether oxygens (including phenoxy) is 1. The van der Waals surface area contributed by atoms with Gasteiger partial charge < -0.3 is 10.5 Å². The van der Waals surface area contributed by atoms with Crippen LogP contribution in [0.2, 0.25) is 5.02 Å². The summed E-state index contributed by atoms with van der Waals surface area (Å²) in [6.45, 7) is 2.11. The van der Waals surface area contributed by atoms with Gasteiger partial charge in [-0.3, -0.25) is 4.98 Å². The van der Waals surface area contributed by atoms with E-state index in [0.29, 0.717) is 5.02 Å². The van der Waals surface area contributed by atoms with E-state index in [1.54, 1.807) is 18.3 Å². The number of pyridine rings is 1. The Morgan fingerprint density at radius 1 is 1.71 bits per heavy atom. The van der Waals surface area contributed by atoms with E-state index in [1.165, 1.54) is 0 Å². The molecule has 1 heterocycles. The highest BCUT2D eigenvalue weighted by Crippen LogP contribution is 2.15. The third-order valence-corrected chi connectivity index (χ3v) is 1.95. The molecular formula is C9H11ClN2O2. The molecule has 0 saturated heterocycles. The number of primary amides is 1. The van der Waals surface area contributed by atoms with Crippen LogP contribution in [0, 0.1) is 0 Å². The normalized spacial score (nSPS) is 12.1. The van der Waals surface area contributed by atoms with E-state index in [2.05, 4.69) is 9.72 Å². The van der Waals surface area contributed by atoms with Crippen molar-refractivity contribution in [1.82, 2.24) is 4.98 Å². The van der Waals surface area contributed by atoms with Gasteiger partial charge in [0.15, 0.2) is 0 Å². The molecule has 76 valence electrons. The SMILES string of the molecule is CC(COC(N)=O)c1ccc(Cl)cn1. The maximum atomic E-state index is 10.3. The van der Waals surface area contributed by atoms with E-state index in [-0.39, 0.29) is 12.5 Å². The van der Waals surface area contributed by atoms with E-state index < -0.39 is 6.09 Å². The van der Waals surface area contributed by atoms with Crippen molar-refractivity contribution in [3.63, 3.8) is 0 Å². The van der Waals surface area contributed by atoms with E-state index in [9.17, 15) is 4.79 Å². The number of aromatic nitrogens is 1. The van der Waals surface area contributed by atoms with Crippen LogP contribution in [0.4, 0.5) is 4.79 Å². The first-order valence-electron chi connectivity index (χ1n) is 4.13. The fourth-order valence-corrected chi connectivity index (χ4v) is 1.08. The summed E-state index contributed by atoms with van der Waals surface area (Å²) in [5, 5.41) is 0.580. The molecular weight excluding hydrogens is 204 g/mol. The van der Waals surface area contributed by atoms with Gasteiger partial charge in [-0.15, -0.1) is 0 Å². The van der Waals surface area contributed by atoms with Crippen LogP contribution in [0.15, 0.2) is 18.3 Å². The van der Waals surface area contributed by atoms with Gasteiger partial charge in [0.25, 0.3) is 0 Å². The van der Waals surface area contributed by atoms with Crippen molar-refractivity contribution in [2.45, 2.75) is 12.8 Å². The summed E-state index contributed by atoms with van der Waals surface area (Å²) in [5.74, 6) is 0.0137. The smallest absolute Gasteiger partial charge is 0.404 e. The molecule has 1 amide bonds. The second-order valence-electron chi connectivity index (χ2n) is 2.93. The summed E-state index contributed by atoms with van der Waals surface area (Å²) in [7, 11) is 0. The lowest BCUT2D eigenvalue weighted by atomic mass is 10.1. The molecule has 1 aromatic heterocycles. The lowest BCUT2D eigenvalue weighted by molar-refractivity contribution is 0.150. The number of nitrogens with zero attached hydrogens (tertiary/aromatic N) is 1. The van der Waals surface area contributed by atoms with E-state index in [0.717, 1.165) is 5.69 Å². The molecule has 0 aliphatic carbocycles. The molecule has 2 N–H and O–H groups in total. The molecule has 5 heteroatoms. The number of hydrogen-bond acceptors (Lipinski definition) is 3. The lowest BCUT2D eigenvalue weighted by Gasteiger charge is -2.09. The first-order valence-corrected chi connectivity index (χ1v) is 4.51. The van der Waals surface area contributed by atoms with Gasteiger partial charge in [0, 0.05) is 17.8 Å². The maximum absolute atomic E-state index is 10.3. The average Bonchev–Trinajstić information content (AvgIpc) is 2.15. The van der Waals surface area contributed by atoms with E-state index in [4.69, 9.17) is 17.3 Å². The minimum Gasteiger partial charge on any atom is -0.449 e. The first-order chi connectivity index (χ1) is 6.59. The predicted octanol–water partition coefficient (Wildman–Crippen LogP) is 1.93. The van der Waals surface area contributed by atoms with Crippen molar-refractivity contribution in [1.29, 1.82) is 0 Å². The number of halogens is 1. The monoisotopic (exact) mass is 214 g/mol. The summed E-state index contributed by atoms with van der Waals surface area (Å²) >= 11 is 5.68. The number of carbonyl (C=O) groups excluding carboxylic acids is 1. The maximum Gasteiger partial charge on any atom is 0.404 e. The Hall–Kier alpha value is -1.29. The third-order valence-electron chi connectivity index (χ3n) is 1.73. The lowest BCUT2D eigenvalue weighted by Crippen LogP contribution is -2.17. The molecule has 0 saturated carbocycles. The topological polar surface area (TPSA) is 65.2 Å². The Bertz CT molecular complexity index is 313. The highest BCUT2D eigenvalue weighted by Gasteiger charge is 2.08. The number of nitrogens with two attached hydrogens (primary N) is 1. The quantitative estimate of drug-likeness (QED) is 0.836. The van der Waals surface area contributed by atoms with Crippen LogP contribution in [-0.2, 0) is 4.74 Å². The Kier molecular flexibility index (Phi) is 3.71. The summed E-state index contributed by atoms with van der Waals surface area (Å²) in [5.41, 5.74) is 5.66. The third kappa shape index (κ3) is 3.22. The van der Waals surface area contributed by atoms with Crippen LogP contribution < -0.4 is 5.73 Å². The zero-order valence-electron chi connectivity index (χ0n) is 7.74. The van der Waals surface area contributed by atoms with E-state index in [1.807, 2.05) is 6.92 Å². The number of hydrogen-bond donors (Lipinski definition) is 1. The Balaban J connectivity index is 2.56. The highest BCUT2D eigenvalue weighted by molar-refractivity contribution is 6.30. The summed E-state index contributed by atoms with van der Waals surface area (Å²) in [6.07, 6.45) is 0.781.